The van der Waals surface area contributed by atoms with E-state index in [2.05, 4.69) is 46.8 Å². The molecule has 2 aromatic heterocycles. The summed E-state index contributed by atoms with van der Waals surface area (Å²) in [4.78, 5) is 9.51. The zero-order valence-electron chi connectivity index (χ0n) is 12.9. The van der Waals surface area contributed by atoms with Gasteiger partial charge in [-0.2, -0.15) is 0 Å². The van der Waals surface area contributed by atoms with Crippen molar-refractivity contribution in [2.24, 2.45) is 5.92 Å². The van der Waals surface area contributed by atoms with Crippen LogP contribution >= 0.6 is 0 Å². The van der Waals surface area contributed by atoms with Crippen LogP contribution in [0.5, 0.6) is 0 Å². The summed E-state index contributed by atoms with van der Waals surface area (Å²) in [6, 6.07) is 6.56. The molecule has 2 aromatic rings. The van der Waals surface area contributed by atoms with Gasteiger partial charge in [0.25, 0.3) is 0 Å². The van der Waals surface area contributed by atoms with E-state index in [0.29, 0.717) is 12.0 Å². The van der Waals surface area contributed by atoms with E-state index in [-0.39, 0.29) is 0 Å². The van der Waals surface area contributed by atoms with Crippen molar-refractivity contribution in [3.05, 3.63) is 54.0 Å². The van der Waals surface area contributed by atoms with E-state index in [1.54, 1.807) is 0 Å². The van der Waals surface area contributed by atoms with Crippen molar-refractivity contribution in [1.82, 2.24) is 14.5 Å². The quantitative estimate of drug-likeness (QED) is 0.766. The van der Waals surface area contributed by atoms with E-state index in [1.807, 2.05) is 18.3 Å². The van der Waals surface area contributed by atoms with Crippen molar-refractivity contribution in [2.75, 3.05) is 0 Å². The Bertz CT molecular complexity index is 725. The van der Waals surface area contributed by atoms with Gasteiger partial charge in [-0.1, -0.05) is 31.2 Å². The lowest BCUT2D eigenvalue weighted by Crippen LogP contribution is -2.15. The molecular formula is C19H21N3. The van der Waals surface area contributed by atoms with Crippen LogP contribution in [0.1, 0.15) is 43.6 Å². The van der Waals surface area contributed by atoms with E-state index in [0.717, 1.165) is 30.8 Å². The Kier molecular flexibility index (Phi) is 3.41. The minimum absolute atomic E-state index is 0.497. The Morgan fingerprint density at radius 2 is 2.18 bits per heavy atom. The van der Waals surface area contributed by atoms with E-state index in [4.69, 9.17) is 4.98 Å². The predicted molar refractivity (Wildman–Crippen MR) is 89.4 cm³/mol. The van der Waals surface area contributed by atoms with Crippen LogP contribution in [0, 0.1) is 5.92 Å². The molecule has 0 aromatic carbocycles. The van der Waals surface area contributed by atoms with Gasteiger partial charge in [0.2, 0.25) is 0 Å². The monoisotopic (exact) mass is 291 g/mol. The van der Waals surface area contributed by atoms with Crippen molar-refractivity contribution in [3.8, 4) is 11.5 Å². The molecular weight excluding hydrogens is 270 g/mol. The first-order chi connectivity index (χ1) is 10.8. The summed E-state index contributed by atoms with van der Waals surface area (Å²) in [6.07, 6.45) is 15.5. The molecule has 0 N–H and O–H groups in total. The van der Waals surface area contributed by atoms with Crippen molar-refractivity contribution in [1.29, 1.82) is 0 Å². The maximum Gasteiger partial charge on any atom is 0.159 e. The number of nitrogens with zero attached hydrogens (tertiary/aromatic N) is 3. The van der Waals surface area contributed by atoms with E-state index in [1.165, 1.54) is 17.8 Å². The van der Waals surface area contributed by atoms with Gasteiger partial charge >= 0.3 is 0 Å². The number of hydrogen-bond donors (Lipinski definition) is 0. The Morgan fingerprint density at radius 1 is 1.23 bits per heavy atom. The summed E-state index contributed by atoms with van der Waals surface area (Å²) in [5, 5.41) is 0. The van der Waals surface area contributed by atoms with Gasteiger partial charge in [-0.05, 0) is 49.8 Å². The maximum absolute atomic E-state index is 4.97. The van der Waals surface area contributed by atoms with Gasteiger partial charge < -0.3 is 4.57 Å². The molecule has 2 aliphatic carbocycles. The largest absolute Gasteiger partial charge is 0.320 e. The molecule has 2 heterocycles. The molecule has 4 rings (SSSR count). The SMILES string of the molecule is CC1C=Cc2c(nc(-c3ccccn3)n2C2CC=CCC2)C1. The predicted octanol–water partition coefficient (Wildman–Crippen LogP) is 4.43. The zero-order chi connectivity index (χ0) is 14.9. The molecule has 0 bridgehead atoms. The van der Waals surface area contributed by atoms with Crippen LogP contribution in [0.2, 0.25) is 0 Å². The lowest BCUT2D eigenvalue weighted by Gasteiger charge is -2.24. The topological polar surface area (TPSA) is 30.7 Å². The van der Waals surface area contributed by atoms with Crippen LogP contribution in [-0.4, -0.2) is 14.5 Å². The summed E-state index contributed by atoms with van der Waals surface area (Å²) in [5.74, 6) is 1.60. The molecule has 3 heteroatoms. The second-order valence-corrected chi connectivity index (χ2v) is 6.33. The normalized spacial score (nSPS) is 23.5. The van der Waals surface area contributed by atoms with E-state index in [9.17, 15) is 0 Å². The highest BCUT2D eigenvalue weighted by molar-refractivity contribution is 5.60. The smallest absolute Gasteiger partial charge is 0.159 e. The van der Waals surface area contributed by atoms with Gasteiger partial charge in [0, 0.05) is 12.2 Å². The van der Waals surface area contributed by atoms with Crippen LogP contribution in [0.3, 0.4) is 0 Å². The number of pyridine rings is 1. The molecule has 2 atom stereocenters. The van der Waals surface area contributed by atoms with E-state index < -0.39 is 0 Å². The molecule has 0 aliphatic heterocycles. The van der Waals surface area contributed by atoms with Gasteiger partial charge in [0.15, 0.2) is 5.82 Å². The fourth-order valence-corrected chi connectivity index (χ4v) is 3.50. The molecule has 0 fully saturated rings. The first-order valence-corrected chi connectivity index (χ1v) is 8.18. The molecule has 0 radical (unpaired) electrons. The Labute approximate surface area is 131 Å². The molecule has 2 aliphatic rings. The van der Waals surface area contributed by atoms with Crippen LogP contribution in [0.4, 0.5) is 0 Å². The molecule has 0 saturated carbocycles. The van der Waals surface area contributed by atoms with Crippen LogP contribution in [0.25, 0.3) is 17.6 Å². The second-order valence-electron chi connectivity index (χ2n) is 6.33. The zero-order valence-corrected chi connectivity index (χ0v) is 12.9. The maximum atomic E-state index is 4.97. The molecule has 0 spiro atoms. The van der Waals surface area contributed by atoms with Gasteiger partial charge in [-0.15, -0.1) is 0 Å². The van der Waals surface area contributed by atoms with Gasteiger partial charge in [0.05, 0.1) is 11.4 Å². The average molecular weight is 291 g/mol. The van der Waals surface area contributed by atoms with Crippen molar-refractivity contribution < 1.29 is 0 Å². The fourth-order valence-electron chi connectivity index (χ4n) is 3.50. The van der Waals surface area contributed by atoms with Crippen molar-refractivity contribution in [2.45, 2.75) is 38.6 Å². The molecule has 0 saturated heterocycles. The first-order valence-electron chi connectivity index (χ1n) is 8.18. The van der Waals surface area contributed by atoms with Gasteiger partial charge in [-0.3, -0.25) is 4.98 Å². The summed E-state index contributed by atoms with van der Waals surface area (Å²) in [7, 11) is 0. The highest BCUT2D eigenvalue weighted by atomic mass is 15.1. The Balaban J connectivity index is 1.87. The number of rotatable bonds is 2. The summed E-state index contributed by atoms with van der Waals surface area (Å²) in [6.45, 7) is 2.25. The van der Waals surface area contributed by atoms with Crippen LogP contribution in [-0.2, 0) is 6.42 Å². The summed E-state index contributed by atoms with van der Waals surface area (Å²) in [5.41, 5.74) is 3.50. The number of fused-ring (bicyclic) bond motifs is 1. The Hall–Kier alpha value is -2.16. The third-order valence-corrected chi connectivity index (χ3v) is 4.62. The van der Waals surface area contributed by atoms with Crippen LogP contribution in [0.15, 0.2) is 42.6 Å². The lowest BCUT2D eigenvalue weighted by atomic mass is 9.96. The lowest BCUT2D eigenvalue weighted by molar-refractivity contribution is 0.461. The molecule has 112 valence electrons. The highest BCUT2D eigenvalue weighted by Crippen LogP contribution is 2.35. The molecule has 3 nitrogen and oxygen atoms in total. The minimum atomic E-state index is 0.497. The van der Waals surface area contributed by atoms with Gasteiger partial charge in [-0.25, -0.2) is 4.98 Å². The highest BCUT2D eigenvalue weighted by Gasteiger charge is 2.25. The fraction of sp³-hybridized carbons (Fsp3) is 0.368. The third-order valence-electron chi connectivity index (χ3n) is 4.62. The van der Waals surface area contributed by atoms with Crippen LogP contribution < -0.4 is 0 Å². The number of aromatic nitrogens is 3. The number of imidazole rings is 1. The van der Waals surface area contributed by atoms with Crippen molar-refractivity contribution in [3.63, 3.8) is 0 Å². The number of allylic oxidation sites excluding steroid dienone is 3. The minimum Gasteiger partial charge on any atom is -0.320 e. The first kappa shape index (κ1) is 13.5. The molecule has 0 amide bonds. The summed E-state index contributed by atoms with van der Waals surface area (Å²) < 4.78 is 2.43. The molecule has 2 unspecified atom stereocenters. The second kappa shape index (κ2) is 5.56. The summed E-state index contributed by atoms with van der Waals surface area (Å²) >= 11 is 0. The van der Waals surface area contributed by atoms with E-state index >= 15 is 0 Å². The van der Waals surface area contributed by atoms with Gasteiger partial charge in [0.1, 0.15) is 5.69 Å². The standard InChI is InChI=1S/C19H21N3/c1-14-10-11-18-17(13-14)21-19(16-9-5-6-12-20-16)22(18)15-7-3-2-4-8-15/h2-3,5-6,9-12,14-15H,4,7-8,13H2,1H3. The van der Waals surface area contributed by atoms with Crippen molar-refractivity contribution >= 4 is 6.08 Å². The Morgan fingerprint density at radius 3 is 2.95 bits per heavy atom. The average Bonchev–Trinajstić information content (AvgIpc) is 2.95. The molecule has 22 heavy (non-hydrogen) atoms. The third kappa shape index (κ3) is 2.31. The number of hydrogen-bond acceptors (Lipinski definition) is 2.